The molecular formula is C17H14ClN3O2. The number of amides is 2. The third kappa shape index (κ3) is 3.76. The van der Waals surface area contributed by atoms with Crippen LogP contribution in [0, 0.1) is 0 Å². The van der Waals surface area contributed by atoms with E-state index in [-0.39, 0.29) is 11.8 Å². The van der Waals surface area contributed by atoms with Crippen LogP contribution in [0.2, 0.25) is 5.02 Å². The number of carbonyl (C=O) groups excluding carboxylic acids is 2. The molecule has 3 rings (SSSR count). The Morgan fingerprint density at radius 3 is 2.57 bits per heavy atom. The van der Waals surface area contributed by atoms with Crippen molar-refractivity contribution in [3.05, 3.63) is 64.7 Å². The summed E-state index contributed by atoms with van der Waals surface area (Å²) < 4.78 is 0. The molecule has 0 aliphatic carbocycles. The lowest BCUT2D eigenvalue weighted by Crippen LogP contribution is -2.25. The molecule has 1 aliphatic rings. The van der Waals surface area contributed by atoms with Crippen molar-refractivity contribution in [3.8, 4) is 0 Å². The van der Waals surface area contributed by atoms with Crippen LogP contribution in [0.25, 0.3) is 0 Å². The molecule has 0 spiro atoms. The van der Waals surface area contributed by atoms with Crippen LogP contribution in [0.3, 0.4) is 0 Å². The topological polar surface area (TPSA) is 70.6 Å². The first kappa shape index (κ1) is 15.2. The third-order valence-corrected chi connectivity index (χ3v) is 3.70. The highest BCUT2D eigenvalue weighted by Gasteiger charge is 2.14. The number of rotatable bonds is 3. The van der Waals surface area contributed by atoms with Crippen LogP contribution in [-0.2, 0) is 4.79 Å². The van der Waals surface area contributed by atoms with Gasteiger partial charge < -0.3 is 5.32 Å². The number of nitrogens with zero attached hydrogens (tertiary/aromatic N) is 1. The molecule has 2 N–H and O–H groups in total. The molecule has 0 aromatic heterocycles. The Balaban J connectivity index is 1.72. The van der Waals surface area contributed by atoms with Gasteiger partial charge in [-0.1, -0.05) is 29.8 Å². The molecule has 23 heavy (non-hydrogen) atoms. The molecule has 2 aromatic carbocycles. The van der Waals surface area contributed by atoms with E-state index in [4.69, 9.17) is 11.6 Å². The van der Waals surface area contributed by atoms with Gasteiger partial charge in [-0.15, -0.1) is 0 Å². The zero-order valence-electron chi connectivity index (χ0n) is 12.2. The van der Waals surface area contributed by atoms with E-state index in [0.29, 0.717) is 29.1 Å². The van der Waals surface area contributed by atoms with Crippen LogP contribution in [0.15, 0.2) is 53.6 Å². The van der Waals surface area contributed by atoms with Crippen LogP contribution in [0.4, 0.5) is 5.69 Å². The van der Waals surface area contributed by atoms with Crippen molar-refractivity contribution in [2.24, 2.45) is 5.10 Å². The number of nitrogens with one attached hydrogen (secondary N) is 2. The Kier molecular flexibility index (Phi) is 4.39. The quantitative estimate of drug-likeness (QED) is 0.908. The lowest BCUT2D eigenvalue weighted by molar-refractivity contribution is -0.121. The van der Waals surface area contributed by atoms with Crippen molar-refractivity contribution in [1.29, 1.82) is 0 Å². The summed E-state index contributed by atoms with van der Waals surface area (Å²) in [6, 6.07) is 14.1. The zero-order valence-corrected chi connectivity index (χ0v) is 12.9. The van der Waals surface area contributed by atoms with Crippen LogP contribution < -0.4 is 10.7 Å². The van der Waals surface area contributed by atoms with E-state index in [1.54, 1.807) is 36.4 Å². The summed E-state index contributed by atoms with van der Waals surface area (Å²) in [7, 11) is 0. The number of carbonyl (C=O) groups is 2. The van der Waals surface area contributed by atoms with E-state index in [9.17, 15) is 9.59 Å². The minimum Gasteiger partial charge on any atom is -0.322 e. The summed E-state index contributed by atoms with van der Waals surface area (Å²) in [5.41, 5.74) is 5.35. The van der Waals surface area contributed by atoms with Crippen LogP contribution in [-0.4, -0.2) is 17.5 Å². The van der Waals surface area contributed by atoms with E-state index in [1.807, 2.05) is 12.1 Å². The first-order valence-corrected chi connectivity index (χ1v) is 7.52. The van der Waals surface area contributed by atoms with Gasteiger partial charge in [0.2, 0.25) is 5.91 Å². The molecule has 2 aromatic rings. The van der Waals surface area contributed by atoms with Crippen LogP contribution in [0.5, 0.6) is 0 Å². The maximum Gasteiger partial charge on any atom is 0.255 e. The van der Waals surface area contributed by atoms with Gasteiger partial charge in [-0.2, -0.15) is 5.10 Å². The van der Waals surface area contributed by atoms with Crippen molar-refractivity contribution in [2.45, 2.75) is 12.8 Å². The first-order valence-electron chi connectivity index (χ1n) is 7.14. The Bertz CT molecular complexity index is 785. The Labute approximate surface area is 138 Å². The van der Waals surface area contributed by atoms with Gasteiger partial charge in [0.05, 0.1) is 5.71 Å². The van der Waals surface area contributed by atoms with Crippen molar-refractivity contribution >= 4 is 34.8 Å². The van der Waals surface area contributed by atoms with Gasteiger partial charge in [0.25, 0.3) is 5.91 Å². The maximum atomic E-state index is 12.2. The lowest BCUT2D eigenvalue weighted by Gasteiger charge is -2.12. The molecule has 2 amide bonds. The highest BCUT2D eigenvalue weighted by molar-refractivity contribution is 6.31. The number of hydrogen-bond acceptors (Lipinski definition) is 3. The van der Waals surface area contributed by atoms with Gasteiger partial charge in [-0.25, -0.2) is 5.43 Å². The average molecular weight is 328 g/mol. The number of anilines is 1. The van der Waals surface area contributed by atoms with E-state index in [2.05, 4.69) is 15.8 Å². The predicted molar refractivity (Wildman–Crippen MR) is 89.8 cm³/mol. The molecule has 116 valence electrons. The van der Waals surface area contributed by atoms with Gasteiger partial charge >= 0.3 is 0 Å². The maximum absolute atomic E-state index is 12.2. The molecule has 1 aliphatic heterocycles. The fourth-order valence-corrected chi connectivity index (χ4v) is 2.46. The van der Waals surface area contributed by atoms with Crippen LogP contribution >= 0.6 is 11.6 Å². The summed E-state index contributed by atoms with van der Waals surface area (Å²) in [6.45, 7) is 0. The third-order valence-electron chi connectivity index (χ3n) is 3.47. The Morgan fingerprint density at radius 1 is 1.13 bits per heavy atom. The number of hydrazone groups is 1. The summed E-state index contributed by atoms with van der Waals surface area (Å²) in [5.74, 6) is -0.288. The summed E-state index contributed by atoms with van der Waals surface area (Å²) >= 11 is 5.90. The van der Waals surface area contributed by atoms with E-state index >= 15 is 0 Å². The molecule has 6 heteroatoms. The summed E-state index contributed by atoms with van der Waals surface area (Å²) in [4.78, 5) is 23.3. The van der Waals surface area contributed by atoms with Gasteiger partial charge in [0.1, 0.15) is 0 Å². The minimum atomic E-state index is -0.210. The van der Waals surface area contributed by atoms with E-state index in [1.165, 1.54) is 0 Å². The normalized spacial score (nSPS) is 14.0. The van der Waals surface area contributed by atoms with Crippen molar-refractivity contribution < 1.29 is 9.59 Å². The molecule has 0 fully saturated rings. The SMILES string of the molecule is O=C1CCC(c2ccc(C(=O)Nc3cccc(Cl)c3)cc2)=NN1. The molecule has 0 bridgehead atoms. The molecule has 0 saturated carbocycles. The van der Waals surface area contributed by atoms with Gasteiger partial charge in [-0.05, 0) is 35.9 Å². The minimum absolute atomic E-state index is 0.0775. The lowest BCUT2D eigenvalue weighted by atomic mass is 10.0. The molecule has 5 nitrogen and oxygen atoms in total. The van der Waals surface area contributed by atoms with Crippen LogP contribution in [0.1, 0.15) is 28.8 Å². The second-order valence-corrected chi connectivity index (χ2v) is 5.57. The molecular weight excluding hydrogens is 314 g/mol. The molecule has 0 saturated heterocycles. The smallest absolute Gasteiger partial charge is 0.255 e. The average Bonchev–Trinajstić information content (AvgIpc) is 2.56. The number of benzene rings is 2. The second kappa shape index (κ2) is 6.62. The molecule has 1 heterocycles. The molecule has 0 atom stereocenters. The highest BCUT2D eigenvalue weighted by atomic mass is 35.5. The fraction of sp³-hybridized carbons (Fsp3) is 0.118. The predicted octanol–water partition coefficient (Wildman–Crippen LogP) is 3.21. The monoisotopic (exact) mass is 327 g/mol. The Hall–Kier alpha value is -2.66. The summed E-state index contributed by atoms with van der Waals surface area (Å²) in [6.07, 6.45) is 1.02. The van der Waals surface area contributed by atoms with Gasteiger partial charge in [0, 0.05) is 29.1 Å². The molecule has 0 unspecified atom stereocenters. The highest BCUT2D eigenvalue weighted by Crippen LogP contribution is 2.17. The van der Waals surface area contributed by atoms with E-state index in [0.717, 1.165) is 11.3 Å². The number of hydrogen-bond donors (Lipinski definition) is 2. The Morgan fingerprint density at radius 2 is 1.91 bits per heavy atom. The second-order valence-electron chi connectivity index (χ2n) is 5.14. The van der Waals surface area contributed by atoms with Gasteiger partial charge in [-0.3, -0.25) is 9.59 Å². The fourth-order valence-electron chi connectivity index (χ4n) is 2.27. The number of halogens is 1. The van der Waals surface area contributed by atoms with Crippen molar-refractivity contribution in [2.75, 3.05) is 5.32 Å². The van der Waals surface area contributed by atoms with Crippen molar-refractivity contribution in [3.63, 3.8) is 0 Å². The van der Waals surface area contributed by atoms with Gasteiger partial charge in [0.15, 0.2) is 0 Å². The zero-order chi connectivity index (χ0) is 16.2. The van der Waals surface area contributed by atoms with Crippen molar-refractivity contribution in [1.82, 2.24) is 5.43 Å². The largest absolute Gasteiger partial charge is 0.322 e. The summed E-state index contributed by atoms with van der Waals surface area (Å²) in [5, 5.41) is 7.39. The standard InChI is InChI=1S/C17H14ClN3O2/c18-13-2-1-3-14(10-13)19-17(23)12-6-4-11(5-7-12)15-8-9-16(22)21-20-15/h1-7,10H,8-9H2,(H,19,23)(H,21,22). The van der Waals surface area contributed by atoms with E-state index < -0.39 is 0 Å². The molecule has 0 radical (unpaired) electrons. The first-order chi connectivity index (χ1) is 11.1.